The van der Waals surface area contributed by atoms with Gasteiger partial charge in [-0.1, -0.05) is 23.4 Å². The molecule has 0 spiro atoms. The standard InChI is InChI=1S/C20H28N2O3S2/c1-5-6-17(19(23)24)25-21-18(15-7-9-16(26-4)10-8-15)20(2,3)22-11-13-27-14-12-22/h5,7-10,17H,1,6,11-14H2,2-4H3,(H,23,24). The second kappa shape index (κ2) is 10.2. The summed E-state index contributed by atoms with van der Waals surface area (Å²) >= 11 is 3.63. The van der Waals surface area contributed by atoms with Crippen LogP contribution >= 0.6 is 23.5 Å². The summed E-state index contributed by atoms with van der Waals surface area (Å²) in [6.07, 6.45) is 2.75. The van der Waals surface area contributed by atoms with Crippen LogP contribution in [0.3, 0.4) is 0 Å². The van der Waals surface area contributed by atoms with E-state index in [1.165, 1.54) is 11.0 Å². The molecule has 0 aliphatic carbocycles. The molecule has 1 saturated heterocycles. The van der Waals surface area contributed by atoms with Crippen LogP contribution in [-0.2, 0) is 9.63 Å². The quantitative estimate of drug-likeness (QED) is 0.289. The molecule has 1 unspecified atom stereocenters. The number of oxime groups is 1. The minimum Gasteiger partial charge on any atom is -0.478 e. The Morgan fingerprint density at radius 1 is 1.41 bits per heavy atom. The van der Waals surface area contributed by atoms with Crippen LogP contribution in [0, 0.1) is 0 Å². The molecule has 0 radical (unpaired) electrons. The van der Waals surface area contributed by atoms with E-state index >= 15 is 0 Å². The molecule has 148 valence electrons. The lowest BCUT2D eigenvalue weighted by atomic mass is 9.90. The summed E-state index contributed by atoms with van der Waals surface area (Å²) in [7, 11) is 0. The first-order valence-electron chi connectivity index (χ1n) is 8.95. The van der Waals surface area contributed by atoms with Gasteiger partial charge in [-0.3, -0.25) is 4.90 Å². The Morgan fingerprint density at radius 3 is 2.56 bits per heavy atom. The van der Waals surface area contributed by atoms with Gasteiger partial charge in [-0.05, 0) is 32.2 Å². The zero-order valence-corrected chi connectivity index (χ0v) is 17.8. The molecular weight excluding hydrogens is 380 g/mol. The third-order valence-corrected chi connectivity index (χ3v) is 6.36. The summed E-state index contributed by atoms with van der Waals surface area (Å²) in [6, 6.07) is 8.15. The SMILES string of the molecule is C=CCC(ON=C(c1ccc(SC)cc1)C(C)(C)N1CCSCC1)C(=O)O. The zero-order chi connectivity index (χ0) is 19.9. The van der Waals surface area contributed by atoms with Crippen LogP contribution in [-0.4, -0.2) is 64.2 Å². The molecule has 1 aliphatic heterocycles. The largest absolute Gasteiger partial charge is 0.478 e. The molecule has 5 nitrogen and oxygen atoms in total. The van der Waals surface area contributed by atoms with Gasteiger partial charge in [0.25, 0.3) is 0 Å². The summed E-state index contributed by atoms with van der Waals surface area (Å²) in [4.78, 5) is 20.4. The lowest BCUT2D eigenvalue weighted by Gasteiger charge is -2.41. The molecule has 0 amide bonds. The summed E-state index contributed by atoms with van der Waals surface area (Å²) in [5.41, 5.74) is 1.31. The van der Waals surface area contributed by atoms with Crippen molar-refractivity contribution in [2.24, 2.45) is 5.16 Å². The molecule has 1 aliphatic rings. The summed E-state index contributed by atoms with van der Waals surface area (Å²) in [5.74, 6) is 1.12. The zero-order valence-electron chi connectivity index (χ0n) is 16.2. The van der Waals surface area contributed by atoms with Crippen molar-refractivity contribution < 1.29 is 14.7 Å². The average molecular weight is 409 g/mol. The van der Waals surface area contributed by atoms with E-state index in [9.17, 15) is 9.90 Å². The monoisotopic (exact) mass is 408 g/mol. The molecule has 1 atom stereocenters. The van der Waals surface area contributed by atoms with Crippen molar-refractivity contribution >= 4 is 35.2 Å². The number of rotatable bonds is 9. The molecule has 1 N–H and O–H groups in total. The van der Waals surface area contributed by atoms with Gasteiger partial charge in [0.2, 0.25) is 6.10 Å². The number of carbonyl (C=O) groups is 1. The van der Waals surface area contributed by atoms with Gasteiger partial charge in [0.05, 0.1) is 5.54 Å². The maximum absolute atomic E-state index is 11.4. The molecule has 0 saturated carbocycles. The highest BCUT2D eigenvalue weighted by Crippen LogP contribution is 2.26. The number of nitrogens with zero attached hydrogens (tertiary/aromatic N) is 2. The van der Waals surface area contributed by atoms with Crippen molar-refractivity contribution in [1.82, 2.24) is 4.90 Å². The Balaban J connectivity index is 2.38. The molecule has 27 heavy (non-hydrogen) atoms. The van der Waals surface area contributed by atoms with E-state index in [2.05, 4.69) is 42.6 Å². The van der Waals surface area contributed by atoms with Crippen LogP contribution < -0.4 is 0 Å². The predicted octanol–water partition coefficient (Wildman–Crippen LogP) is 3.99. The number of hydrogen-bond donors (Lipinski definition) is 1. The third kappa shape index (κ3) is 5.77. The van der Waals surface area contributed by atoms with Crippen LogP contribution in [0.25, 0.3) is 0 Å². The van der Waals surface area contributed by atoms with Crippen molar-refractivity contribution in [3.63, 3.8) is 0 Å². The van der Waals surface area contributed by atoms with E-state index in [1.54, 1.807) is 11.8 Å². The van der Waals surface area contributed by atoms with Crippen LogP contribution in [0.5, 0.6) is 0 Å². The van der Waals surface area contributed by atoms with E-state index in [-0.39, 0.29) is 12.0 Å². The van der Waals surface area contributed by atoms with E-state index < -0.39 is 12.1 Å². The number of carboxylic acids is 1. The summed E-state index contributed by atoms with van der Waals surface area (Å²) in [5, 5.41) is 13.7. The summed E-state index contributed by atoms with van der Waals surface area (Å²) in [6.45, 7) is 9.78. The first-order chi connectivity index (χ1) is 12.9. The number of hydrogen-bond acceptors (Lipinski definition) is 6. The topological polar surface area (TPSA) is 62.1 Å². The smallest absolute Gasteiger partial charge is 0.348 e. The van der Waals surface area contributed by atoms with Gasteiger partial charge in [-0.2, -0.15) is 11.8 Å². The van der Waals surface area contributed by atoms with Gasteiger partial charge in [0, 0.05) is 41.5 Å². The molecule has 7 heteroatoms. The third-order valence-electron chi connectivity index (χ3n) is 4.67. The maximum Gasteiger partial charge on any atom is 0.348 e. The van der Waals surface area contributed by atoms with Crippen molar-refractivity contribution in [3.8, 4) is 0 Å². The van der Waals surface area contributed by atoms with E-state index in [1.807, 2.05) is 30.2 Å². The Kier molecular flexibility index (Phi) is 8.26. The van der Waals surface area contributed by atoms with Crippen molar-refractivity contribution in [1.29, 1.82) is 0 Å². The Morgan fingerprint density at radius 2 is 2.04 bits per heavy atom. The predicted molar refractivity (Wildman–Crippen MR) is 115 cm³/mol. The average Bonchev–Trinajstić information content (AvgIpc) is 2.68. The lowest BCUT2D eigenvalue weighted by molar-refractivity contribution is -0.150. The van der Waals surface area contributed by atoms with Gasteiger partial charge in [0.1, 0.15) is 5.71 Å². The Labute approximate surface area is 170 Å². The van der Waals surface area contributed by atoms with Crippen molar-refractivity contribution in [2.45, 2.75) is 36.8 Å². The van der Waals surface area contributed by atoms with Gasteiger partial charge in [-0.25, -0.2) is 4.79 Å². The highest BCUT2D eigenvalue weighted by Gasteiger charge is 2.35. The number of thioether (sulfide) groups is 2. The van der Waals surface area contributed by atoms with Crippen LogP contribution in [0.2, 0.25) is 0 Å². The molecular formula is C20H28N2O3S2. The van der Waals surface area contributed by atoms with Crippen LogP contribution in [0.15, 0.2) is 47.0 Å². The molecule has 0 aromatic heterocycles. The van der Waals surface area contributed by atoms with Gasteiger partial charge in [0.15, 0.2) is 0 Å². The molecule has 2 rings (SSSR count). The molecule has 1 aromatic rings. The normalized spacial score (nSPS) is 17.4. The second-order valence-electron chi connectivity index (χ2n) is 6.78. The van der Waals surface area contributed by atoms with E-state index in [4.69, 9.17) is 4.84 Å². The number of carboxylic acid groups (broad SMARTS) is 1. The fourth-order valence-corrected chi connectivity index (χ4v) is 4.31. The highest BCUT2D eigenvalue weighted by atomic mass is 32.2. The minimum atomic E-state index is -1.04. The fraction of sp³-hybridized carbons (Fsp3) is 0.500. The van der Waals surface area contributed by atoms with Crippen molar-refractivity contribution in [2.75, 3.05) is 30.9 Å². The number of benzene rings is 1. The Bertz CT molecular complexity index is 668. The lowest BCUT2D eigenvalue weighted by Crippen LogP contribution is -2.53. The first-order valence-corrected chi connectivity index (χ1v) is 11.3. The maximum atomic E-state index is 11.4. The van der Waals surface area contributed by atoms with E-state index in [0.717, 1.165) is 35.9 Å². The summed E-state index contributed by atoms with van der Waals surface area (Å²) < 4.78 is 0. The van der Waals surface area contributed by atoms with Gasteiger partial charge in [-0.15, -0.1) is 18.3 Å². The molecule has 1 fully saturated rings. The van der Waals surface area contributed by atoms with Crippen LogP contribution in [0.4, 0.5) is 0 Å². The van der Waals surface area contributed by atoms with Gasteiger partial charge >= 0.3 is 5.97 Å². The van der Waals surface area contributed by atoms with Crippen LogP contribution in [0.1, 0.15) is 25.8 Å². The van der Waals surface area contributed by atoms with Crippen molar-refractivity contribution in [3.05, 3.63) is 42.5 Å². The van der Waals surface area contributed by atoms with E-state index in [0.29, 0.717) is 0 Å². The van der Waals surface area contributed by atoms with Gasteiger partial charge < -0.3 is 9.94 Å². The highest BCUT2D eigenvalue weighted by molar-refractivity contribution is 7.99. The molecule has 1 heterocycles. The number of aliphatic carboxylic acids is 1. The Hall–Kier alpha value is -1.44. The second-order valence-corrected chi connectivity index (χ2v) is 8.89. The molecule has 0 bridgehead atoms. The minimum absolute atomic E-state index is 0.207. The fourth-order valence-electron chi connectivity index (χ4n) is 3.00. The molecule has 1 aromatic carbocycles. The first kappa shape index (κ1) is 21.9.